The standard InChI is InChI=1S/C11H9ClO/c12-11-7-6-10(13-11)8-9-4-2-1-3-5-9/h1-7H,8H2. The Hall–Kier alpha value is -1.21. The molecule has 0 aliphatic carbocycles. The molecule has 0 aliphatic heterocycles. The Morgan fingerprint density at radius 1 is 1.00 bits per heavy atom. The van der Waals surface area contributed by atoms with Crippen molar-refractivity contribution in [1.29, 1.82) is 0 Å². The fourth-order valence-corrected chi connectivity index (χ4v) is 1.41. The Balaban J connectivity index is 2.15. The van der Waals surface area contributed by atoms with Gasteiger partial charge in [0.15, 0.2) is 5.22 Å². The molecular formula is C11H9ClO. The van der Waals surface area contributed by atoms with E-state index in [9.17, 15) is 0 Å². The third kappa shape index (κ3) is 2.13. The first-order chi connectivity index (χ1) is 6.34. The topological polar surface area (TPSA) is 13.1 Å². The van der Waals surface area contributed by atoms with Crippen LogP contribution in [-0.4, -0.2) is 0 Å². The van der Waals surface area contributed by atoms with E-state index in [-0.39, 0.29) is 0 Å². The quantitative estimate of drug-likeness (QED) is 0.710. The van der Waals surface area contributed by atoms with E-state index in [1.807, 2.05) is 24.3 Å². The molecule has 0 spiro atoms. The zero-order valence-electron chi connectivity index (χ0n) is 7.03. The SMILES string of the molecule is Clc1ccc(Cc2ccccc2)o1. The van der Waals surface area contributed by atoms with E-state index in [0.29, 0.717) is 5.22 Å². The van der Waals surface area contributed by atoms with Gasteiger partial charge in [0, 0.05) is 6.42 Å². The molecule has 0 aliphatic rings. The van der Waals surface area contributed by atoms with E-state index in [2.05, 4.69) is 12.1 Å². The van der Waals surface area contributed by atoms with Gasteiger partial charge in [-0.05, 0) is 29.3 Å². The maximum absolute atomic E-state index is 5.66. The van der Waals surface area contributed by atoms with Gasteiger partial charge < -0.3 is 4.42 Å². The third-order valence-electron chi connectivity index (χ3n) is 1.85. The van der Waals surface area contributed by atoms with Gasteiger partial charge in [-0.2, -0.15) is 0 Å². The first kappa shape index (κ1) is 8.39. The maximum Gasteiger partial charge on any atom is 0.193 e. The van der Waals surface area contributed by atoms with Gasteiger partial charge in [0.1, 0.15) is 5.76 Å². The molecule has 0 N–H and O–H groups in total. The highest BCUT2D eigenvalue weighted by Gasteiger charge is 2.00. The summed E-state index contributed by atoms with van der Waals surface area (Å²) in [6, 6.07) is 13.8. The van der Waals surface area contributed by atoms with E-state index in [4.69, 9.17) is 16.0 Å². The van der Waals surface area contributed by atoms with Crippen molar-refractivity contribution in [2.24, 2.45) is 0 Å². The van der Waals surface area contributed by atoms with Crippen molar-refractivity contribution in [3.05, 3.63) is 59.0 Å². The molecule has 0 amide bonds. The van der Waals surface area contributed by atoms with Crippen molar-refractivity contribution in [1.82, 2.24) is 0 Å². The van der Waals surface area contributed by atoms with Gasteiger partial charge in [-0.15, -0.1) is 0 Å². The number of halogens is 1. The summed E-state index contributed by atoms with van der Waals surface area (Å²) in [6.07, 6.45) is 0.799. The molecule has 0 saturated carbocycles. The van der Waals surface area contributed by atoms with Crippen LogP contribution < -0.4 is 0 Å². The molecular weight excluding hydrogens is 184 g/mol. The van der Waals surface area contributed by atoms with E-state index >= 15 is 0 Å². The summed E-state index contributed by atoms with van der Waals surface area (Å²) in [6.45, 7) is 0. The summed E-state index contributed by atoms with van der Waals surface area (Å²) in [5, 5.41) is 0.450. The molecule has 0 saturated heterocycles. The molecule has 66 valence electrons. The lowest BCUT2D eigenvalue weighted by Crippen LogP contribution is -1.83. The first-order valence-electron chi connectivity index (χ1n) is 4.13. The highest BCUT2D eigenvalue weighted by atomic mass is 35.5. The number of hydrogen-bond acceptors (Lipinski definition) is 1. The summed E-state index contributed by atoms with van der Waals surface area (Å²) in [5.74, 6) is 0.899. The fraction of sp³-hybridized carbons (Fsp3) is 0.0909. The van der Waals surface area contributed by atoms with Crippen LogP contribution in [-0.2, 0) is 6.42 Å². The molecule has 13 heavy (non-hydrogen) atoms. The largest absolute Gasteiger partial charge is 0.449 e. The normalized spacial score (nSPS) is 10.2. The number of benzene rings is 1. The van der Waals surface area contributed by atoms with Crippen LogP contribution in [0.5, 0.6) is 0 Å². The van der Waals surface area contributed by atoms with Gasteiger partial charge in [0.2, 0.25) is 0 Å². The van der Waals surface area contributed by atoms with E-state index in [1.54, 1.807) is 6.07 Å². The monoisotopic (exact) mass is 192 g/mol. The van der Waals surface area contributed by atoms with Gasteiger partial charge in [-0.3, -0.25) is 0 Å². The maximum atomic E-state index is 5.66. The van der Waals surface area contributed by atoms with Crippen molar-refractivity contribution in [3.8, 4) is 0 Å². The Bertz CT molecular complexity index is 378. The van der Waals surface area contributed by atoms with Crippen LogP contribution in [0.15, 0.2) is 46.9 Å². The lowest BCUT2D eigenvalue weighted by molar-refractivity contribution is 0.523. The van der Waals surface area contributed by atoms with E-state index in [0.717, 1.165) is 12.2 Å². The van der Waals surface area contributed by atoms with Crippen molar-refractivity contribution in [2.75, 3.05) is 0 Å². The molecule has 0 radical (unpaired) electrons. The van der Waals surface area contributed by atoms with Crippen molar-refractivity contribution >= 4 is 11.6 Å². The van der Waals surface area contributed by atoms with Gasteiger partial charge in [0.25, 0.3) is 0 Å². The smallest absolute Gasteiger partial charge is 0.193 e. The lowest BCUT2D eigenvalue weighted by Gasteiger charge is -1.95. The second-order valence-corrected chi connectivity index (χ2v) is 3.24. The minimum atomic E-state index is 0.450. The van der Waals surface area contributed by atoms with E-state index in [1.165, 1.54) is 5.56 Å². The number of rotatable bonds is 2. The molecule has 2 aromatic rings. The molecule has 1 nitrogen and oxygen atoms in total. The van der Waals surface area contributed by atoms with Crippen molar-refractivity contribution in [3.63, 3.8) is 0 Å². The van der Waals surface area contributed by atoms with Gasteiger partial charge >= 0.3 is 0 Å². The van der Waals surface area contributed by atoms with Crippen molar-refractivity contribution in [2.45, 2.75) is 6.42 Å². The minimum Gasteiger partial charge on any atom is -0.449 e. The summed E-state index contributed by atoms with van der Waals surface area (Å²) >= 11 is 5.66. The summed E-state index contributed by atoms with van der Waals surface area (Å²) in [7, 11) is 0. The average molecular weight is 193 g/mol. The zero-order valence-corrected chi connectivity index (χ0v) is 7.79. The number of furan rings is 1. The predicted molar refractivity (Wildman–Crippen MR) is 53.0 cm³/mol. The van der Waals surface area contributed by atoms with Crippen LogP contribution in [0.3, 0.4) is 0 Å². The highest BCUT2D eigenvalue weighted by Crippen LogP contribution is 2.16. The summed E-state index contributed by atoms with van der Waals surface area (Å²) < 4.78 is 5.25. The van der Waals surface area contributed by atoms with Gasteiger partial charge in [-0.1, -0.05) is 30.3 Å². The molecule has 0 fully saturated rings. The molecule has 1 aromatic heterocycles. The van der Waals surface area contributed by atoms with Crippen LogP contribution in [0.25, 0.3) is 0 Å². The van der Waals surface area contributed by atoms with Crippen molar-refractivity contribution < 1.29 is 4.42 Å². The Morgan fingerprint density at radius 3 is 2.38 bits per heavy atom. The van der Waals surface area contributed by atoms with Crippen LogP contribution in [0, 0.1) is 0 Å². The second kappa shape index (κ2) is 3.67. The first-order valence-corrected chi connectivity index (χ1v) is 4.50. The molecule has 1 heterocycles. The summed E-state index contributed by atoms with van der Waals surface area (Å²) in [4.78, 5) is 0. The average Bonchev–Trinajstić information content (AvgIpc) is 2.53. The van der Waals surface area contributed by atoms with Crippen LogP contribution in [0.2, 0.25) is 5.22 Å². The zero-order chi connectivity index (χ0) is 9.10. The molecule has 0 bridgehead atoms. The van der Waals surface area contributed by atoms with Crippen LogP contribution >= 0.6 is 11.6 Å². The van der Waals surface area contributed by atoms with Gasteiger partial charge in [-0.25, -0.2) is 0 Å². The Morgan fingerprint density at radius 2 is 1.77 bits per heavy atom. The molecule has 1 aromatic carbocycles. The molecule has 2 rings (SSSR count). The van der Waals surface area contributed by atoms with Crippen LogP contribution in [0.1, 0.15) is 11.3 Å². The highest BCUT2D eigenvalue weighted by molar-refractivity contribution is 6.28. The van der Waals surface area contributed by atoms with Gasteiger partial charge in [0.05, 0.1) is 0 Å². The number of hydrogen-bond donors (Lipinski definition) is 0. The fourth-order valence-electron chi connectivity index (χ4n) is 1.24. The lowest BCUT2D eigenvalue weighted by atomic mass is 10.1. The Kier molecular flexibility index (Phi) is 2.37. The van der Waals surface area contributed by atoms with E-state index < -0.39 is 0 Å². The minimum absolute atomic E-state index is 0.450. The predicted octanol–water partition coefficient (Wildman–Crippen LogP) is 3.52. The second-order valence-electron chi connectivity index (χ2n) is 2.87. The van der Waals surface area contributed by atoms with Crippen LogP contribution in [0.4, 0.5) is 0 Å². The Labute approximate surface area is 82.0 Å². The molecule has 0 unspecified atom stereocenters. The molecule has 0 atom stereocenters. The third-order valence-corrected chi connectivity index (χ3v) is 2.05. The summed E-state index contributed by atoms with van der Waals surface area (Å²) in [5.41, 5.74) is 1.23. The molecule has 2 heteroatoms.